The molecule has 1 heterocycles. The Morgan fingerprint density at radius 1 is 1.50 bits per heavy atom. The van der Waals surface area contributed by atoms with E-state index >= 15 is 0 Å². The van der Waals surface area contributed by atoms with Crippen molar-refractivity contribution in [2.75, 3.05) is 11.9 Å². The minimum absolute atomic E-state index is 0.114. The first-order valence-corrected chi connectivity index (χ1v) is 5.67. The van der Waals surface area contributed by atoms with E-state index in [0.717, 1.165) is 21.1 Å². The lowest BCUT2D eigenvalue weighted by Crippen LogP contribution is -2.12. The predicted octanol–water partition coefficient (Wildman–Crippen LogP) is 2.25. The third-order valence-electron chi connectivity index (χ3n) is 2.26. The Kier molecular flexibility index (Phi) is 3.26. The number of aromatic nitrogens is 1. The number of hydrogen-bond donors (Lipinski definition) is 3. The normalized spacial score (nSPS) is 10.6. The molecule has 0 unspecified atom stereocenters. The van der Waals surface area contributed by atoms with Crippen molar-refractivity contribution in [1.82, 2.24) is 4.98 Å². The number of fused-ring (bicyclic) bond motifs is 1. The van der Waals surface area contributed by atoms with Gasteiger partial charge in [0.2, 0.25) is 5.91 Å². The predicted molar refractivity (Wildman–Crippen MR) is 66.3 cm³/mol. The van der Waals surface area contributed by atoms with Crippen molar-refractivity contribution in [3.63, 3.8) is 0 Å². The molecule has 4 nitrogen and oxygen atoms in total. The van der Waals surface area contributed by atoms with Gasteiger partial charge >= 0.3 is 0 Å². The summed E-state index contributed by atoms with van der Waals surface area (Å²) in [5.74, 6) is -0.189. The van der Waals surface area contributed by atoms with Crippen molar-refractivity contribution in [2.45, 2.75) is 6.42 Å². The van der Waals surface area contributed by atoms with Crippen molar-refractivity contribution >= 4 is 38.4 Å². The van der Waals surface area contributed by atoms with Gasteiger partial charge in [-0.2, -0.15) is 0 Å². The molecule has 1 aromatic carbocycles. The minimum atomic E-state index is -0.189. The fourth-order valence-corrected chi connectivity index (χ4v) is 1.88. The van der Waals surface area contributed by atoms with Gasteiger partial charge in [0, 0.05) is 21.6 Å². The van der Waals surface area contributed by atoms with Crippen LogP contribution in [0.1, 0.15) is 6.42 Å². The number of H-pyrrole nitrogens is 1. The molecule has 84 valence electrons. The van der Waals surface area contributed by atoms with Crippen molar-refractivity contribution in [2.24, 2.45) is 0 Å². The van der Waals surface area contributed by atoms with Crippen LogP contribution in [-0.4, -0.2) is 22.6 Å². The summed E-state index contributed by atoms with van der Waals surface area (Å²) in [5.41, 5.74) is 1.69. The van der Waals surface area contributed by atoms with E-state index in [1.165, 1.54) is 0 Å². The van der Waals surface area contributed by atoms with E-state index in [9.17, 15) is 4.79 Å². The van der Waals surface area contributed by atoms with Crippen LogP contribution in [0.15, 0.2) is 28.9 Å². The Balaban J connectivity index is 2.28. The first-order chi connectivity index (χ1) is 7.70. The molecule has 0 bridgehead atoms. The van der Waals surface area contributed by atoms with Gasteiger partial charge in [-0.05, 0) is 18.2 Å². The van der Waals surface area contributed by atoms with E-state index in [2.05, 4.69) is 26.2 Å². The van der Waals surface area contributed by atoms with Crippen molar-refractivity contribution in [3.8, 4) is 0 Å². The third-order valence-corrected chi connectivity index (χ3v) is 2.75. The lowest BCUT2D eigenvalue weighted by molar-refractivity contribution is -0.116. The highest BCUT2D eigenvalue weighted by atomic mass is 79.9. The largest absolute Gasteiger partial charge is 0.396 e. The smallest absolute Gasteiger partial charge is 0.226 e. The second kappa shape index (κ2) is 4.67. The summed E-state index contributed by atoms with van der Waals surface area (Å²) in [4.78, 5) is 14.4. The molecule has 0 aliphatic carbocycles. The first kappa shape index (κ1) is 11.2. The molecule has 0 fully saturated rings. The lowest BCUT2D eigenvalue weighted by Gasteiger charge is -2.01. The Labute approximate surface area is 101 Å². The van der Waals surface area contributed by atoms with Crippen LogP contribution in [0.5, 0.6) is 0 Å². The summed E-state index contributed by atoms with van der Waals surface area (Å²) in [7, 11) is 0. The average molecular weight is 283 g/mol. The van der Waals surface area contributed by atoms with Gasteiger partial charge in [0.25, 0.3) is 0 Å². The molecule has 0 atom stereocenters. The molecule has 0 saturated carbocycles. The molecule has 16 heavy (non-hydrogen) atoms. The van der Waals surface area contributed by atoms with Crippen LogP contribution in [0.25, 0.3) is 10.9 Å². The Bertz CT molecular complexity index is 522. The summed E-state index contributed by atoms with van der Waals surface area (Å²) in [5, 5.41) is 12.3. The number of carbonyl (C=O) groups excluding carboxylic acids is 1. The molecule has 0 aliphatic rings. The highest BCUT2D eigenvalue weighted by Gasteiger charge is 2.07. The van der Waals surface area contributed by atoms with Gasteiger partial charge in [0.15, 0.2) is 0 Å². The highest BCUT2D eigenvalue weighted by Crippen LogP contribution is 2.25. The molecule has 3 N–H and O–H groups in total. The summed E-state index contributed by atoms with van der Waals surface area (Å²) >= 11 is 3.38. The lowest BCUT2D eigenvalue weighted by atomic mass is 10.2. The molecule has 0 aliphatic heterocycles. The zero-order valence-corrected chi connectivity index (χ0v) is 10.0. The summed E-state index contributed by atoms with van der Waals surface area (Å²) in [6.45, 7) is -0.139. The fourth-order valence-electron chi connectivity index (χ4n) is 1.52. The van der Waals surface area contributed by atoms with Gasteiger partial charge in [0.1, 0.15) is 0 Å². The number of hydrogen-bond acceptors (Lipinski definition) is 2. The number of anilines is 1. The van der Waals surface area contributed by atoms with Gasteiger partial charge in [-0.3, -0.25) is 4.79 Å². The van der Waals surface area contributed by atoms with Crippen LogP contribution >= 0.6 is 15.9 Å². The van der Waals surface area contributed by atoms with E-state index in [1.807, 2.05) is 18.2 Å². The zero-order valence-electron chi connectivity index (χ0n) is 8.46. The zero-order chi connectivity index (χ0) is 11.5. The topological polar surface area (TPSA) is 65.1 Å². The van der Waals surface area contributed by atoms with E-state index in [1.54, 1.807) is 6.20 Å². The number of nitrogens with one attached hydrogen (secondary N) is 2. The number of amides is 1. The van der Waals surface area contributed by atoms with Crippen LogP contribution in [-0.2, 0) is 4.79 Å². The molecule has 5 heteroatoms. The maximum absolute atomic E-state index is 11.3. The summed E-state index contributed by atoms with van der Waals surface area (Å²) in [6, 6.07) is 5.78. The van der Waals surface area contributed by atoms with E-state index in [0.29, 0.717) is 0 Å². The van der Waals surface area contributed by atoms with Gasteiger partial charge in [0.05, 0.1) is 18.7 Å². The van der Waals surface area contributed by atoms with Crippen LogP contribution in [0, 0.1) is 0 Å². The highest BCUT2D eigenvalue weighted by molar-refractivity contribution is 9.10. The van der Waals surface area contributed by atoms with Crippen LogP contribution < -0.4 is 5.32 Å². The number of benzene rings is 1. The van der Waals surface area contributed by atoms with Crippen LogP contribution in [0.3, 0.4) is 0 Å². The van der Waals surface area contributed by atoms with E-state index < -0.39 is 0 Å². The van der Waals surface area contributed by atoms with Crippen molar-refractivity contribution < 1.29 is 9.90 Å². The second-order valence-electron chi connectivity index (χ2n) is 3.41. The molecular formula is C11H11BrN2O2. The monoisotopic (exact) mass is 282 g/mol. The molecule has 2 rings (SSSR count). The molecule has 1 aromatic heterocycles. The number of carbonyl (C=O) groups is 1. The Morgan fingerprint density at radius 2 is 2.31 bits per heavy atom. The molecular weight excluding hydrogens is 272 g/mol. The van der Waals surface area contributed by atoms with E-state index in [4.69, 9.17) is 5.11 Å². The summed E-state index contributed by atoms with van der Waals surface area (Å²) in [6.07, 6.45) is 1.86. The van der Waals surface area contributed by atoms with Crippen molar-refractivity contribution in [1.29, 1.82) is 0 Å². The second-order valence-corrected chi connectivity index (χ2v) is 4.33. The molecule has 2 aromatic rings. The van der Waals surface area contributed by atoms with E-state index in [-0.39, 0.29) is 18.9 Å². The number of halogens is 1. The number of aliphatic hydroxyl groups excluding tert-OH is 1. The molecule has 0 spiro atoms. The van der Waals surface area contributed by atoms with Gasteiger partial charge < -0.3 is 15.4 Å². The quantitative estimate of drug-likeness (QED) is 0.809. The van der Waals surface area contributed by atoms with Crippen LogP contribution in [0.4, 0.5) is 5.69 Å². The molecule has 1 amide bonds. The summed E-state index contributed by atoms with van der Waals surface area (Å²) < 4.78 is 0.982. The maximum Gasteiger partial charge on any atom is 0.226 e. The Hall–Kier alpha value is -1.33. The molecule has 0 saturated heterocycles. The third kappa shape index (κ3) is 2.25. The Morgan fingerprint density at radius 3 is 3.06 bits per heavy atom. The first-order valence-electron chi connectivity index (χ1n) is 4.88. The standard InChI is InChI=1S/C11H11BrN2O2/c12-7-1-2-8-9(5-7)13-6-10(8)14-11(16)3-4-15/h1-2,5-6,13,15H,3-4H2,(H,14,16). The molecule has 0 radical (unpaired) electrons. The number of aliphatic hydroxyl groups is 1. The van der Waals surface area contributed by atoms with Gasteiger partial charge in [-0.25, -0.2) is 0 Å². The van der Waals surface area contributed by atoms with Gasteiger partial charge in [-0.1, -0.05) is 15.9 Å². The SMILES string of the molecule is O=C(CCO)Nc1c[nH]c2cc(Br)ccc12. The maximum atomic E-state index is 11.3. The van der Waals surface area contributed by atoms with Crippen LogP contribution in [0.2, 0.25) is 0 Å². The van der Waals surface area contributed by atoms with Gasteiger partial charge in [-0.15, -0.1) is 0 Å². The number of rotatable bonds is 3. The minimum Gasteiger partial charge on any atom is -0.396 e. The van der Waals surface area contributed by atoms with Crippen molar-refractivity contribution in [3.05, 3.63) is 28.9 Å². The fraction of sp³-hybridized carbons (Fsp3) is 0.182. The number of aromatic amines is 1. The average Bonchev–Trinajstić information content (AvgIpc) is 2.61.